The van der Waals surface area contributed by atoms with Crippen LogP contribution in [-0.2, 0) is 6.42 Å². The van der Waals surface area contributed by atoms with E-state index in [4.69, 9.17) is 5.73 Å². The van der Waals surface area contributed by atoms with Crippen molar-refractivity contribution in [3.8, 4) is 0 Å². The smallest absolute Gasteiger partial charge is 0.0114 e. The summed E-state index contributed by atoms with van der Waals surface area (Å²) in [6.45, 7) is 3.66. The largest absolute Gasteiger partial charge is 0.327 e. The minimum atomic E-state index is 0.213. The molecule has 0 radical (unpaired) electrons. The van der Waals surface area contributed by atoms with Gasteiger partial charge >= 0.3 is 0 Å². The fraction of sp³-hybridized carbons (Fsp3) is 0.273. The maximum atomic E-state index is 5.84. The van der Waals surface area contributed by atoms with Crippen molar-refractivity contribution in [1.29, 1.82) is 0 Å². The van der Waals surface area contributed by atoms with Gasteiger partial charge in [0, 0.05) is 6.04 Å². The fourth-order valence-corrected chi connectivity index (χ4v) is 1.21. The molecule has 0 fully saturated rings. The highest BCUT2D eigenvalue weighted by Crippen LogP contribution is 2.03. The van der Waals surface area contributed by atoms with Crippen LogP contribution in [0, 0.1) is 0 Å². The molecule has 1 rings (SSSR count). The second kappa shape index (κ2) is 4.73. The van der Waals surface area contributed by atoms with Gasteiger partial charge < -0.3 is 5.73 Å². The van der Waals surface area contributed by atoms with Gasteiger partial charge in [-0.1, -0.05) is 36.4 Å². The van der Waals surface area contributed by atoms with E-state index in [1.807, 2.05) is 24.3 Å². The predicted molar refractivity (Wildman–Crippen MR) is 52.9 cm³/mol. The van der Waals surface area contributed by atoms with Crippen molar-refractivity contribution >= 4 is 0 Å². The molecule has 0 spiro atoms. The minimum Gasteiger partial charge on any atom is -0.327 e. The Hall–Kier alpha value is -1.08. The molecule has 1 aromatic carbocycles. The molecule has 1 heteroatoms. The van der Waals surface area contributed by atoms with Crippen LogP contribution in [0.4, 0.5) is 0 Å². The maximum Gasteiger partial charge on any atom is 0.0114 e. The van der Waals surface area contributed by atoms with E-state index in [1.54, 1.807) is 0 Å². The summed E-state index contributed by atoms with van der Waals surface area (Å²) in [5.74, 6) is 0. The van der Waals surface area contributed by atoms with Crippen LogP contribution in [0.15, 0.2) is 43.0 Å². The summed E-state index contributed by atoms with van der Waals surface area (Å²) in [4.78, 5) is 0. The third-order valence-electron chi connectivity index (χ3n) is 1.81. The Morgan fingerprint density at radius 1 is 1.33 bits per heavy atom. The van der Waals surface area contributed by atoms with E-state index in [2.05, 4.69) is 18.7 Å². The number of hydrogen-bond acceptors (Lipinski definition) is 1. The summed E-state index contributed by atoms with van der Waals surface area (Å²) in [7, 11) is 0. The fourth-order valence-electron chi connectivity index (χ4n) is 1.21. The average molecular weight is 161 g/mol. The van der Waals surface area contributed by atoms with E-state index in [0.29, 0.717) is 0 Å². The van der Waals surface area contributed by atoms with Gasteiger partial charge in [0.15, 0.2) is 0 Å². The normalized spacial score (nSPS) is 12.4. The molecule has 0 aliphatic carbocycles. The number of benzene rings is 1. The molecule has 0 saturated carbocycles. The highest BCUT2D eigenvalue weighted by Gasteiger charge is 1.99. The first-order valence-electron chi connectivity index (χ1n) is 4.23. The molecular formula is C11H15N. The van der Waals surface area contributed by atoms with E-state index >= 15 is 0 Å². The topological polar surface area (TPSA) is 26.0 Å². The Morgan fingerprint density at radius 2 is 2.00 bits per heavy atom. The van der Waals surface area contributed by atoms with Gasteiger partial charge in [-0.3, -0.25) is 0 Å². The highest BCUT2D eigenvalue weighted by atomic mass is 14.6. The third-order valence-corrected chi connectivity index (χ3v) is 1.81. The standard InChI is InChI=1S/C11H15N/c1-2-6-11(12)9-10-7-4-3-5-8-10/h2-5,7-8,11H,1,6,9,12H2/t11-/m1/s1. The summed E-state index contributed by atoms with van der Waals surface area (Å²) in [6.07, 6.45) is 3.69. The highest BCUT2D eigenvalue weighted by molar-refractivity contribution is 5.15. The van der Waals surface area contributed by atoms with Crippen LogP contribution < -0.4 is 5.73 Å². The monoisotopic (exact) mass is 161 g/mol. The molecular weight excluding hydrogens is 146 g/mol. The van der Waals surface area contributed by atoms with Crippen molar-refractivity contribution in [1.82, 2.24) is 0 Å². The Morgan fingerprint density at radius 3 is 2.58 bits per heavy atom. The molecule has 2 N–H and O–H groups in total. The molecule has 12 heavy (non-hydrogen) atoms. The van der Waals surface area contributed by atoms with Crippen LogP contribution in [0.2, 0.25) is 0 Å². The molecule has 0 aliphatic rings. The van der Waals surface area contributed by atoms with E-state index in [1.165, 1.54) is 5.56 Å². The molecule has 0 amide bonds. The van der Waals surface area contributed by atoms with Crippen LogP contribution in [0.5, 0.6) is 0 Å². The minimum absolute atomic E-state index is 0.213. The van der Waals surface area contributed by atoms with Gasteiger partial charge in [0.2, 0.25) is 0 Å². The first-order chi connectivity index (χ1) is 5.83. The molecule has 0 unspecified atom stereocenters. The Kier molecular flexibility index (Phi) is 3.55. The molecule has 0 bridgehead atoms. The maximum absolute atomic E-state index is 5.84. The summed E-state index contributed by atoms with van der Waals surface area (Å²) in [6, 6.07) is 10.5. The van der Waals surface area contributed by atoms with E-state index in [9.17, 15) is 0 Å². The van der Waals surface area contributed by atoms with Gasteiger partial charge in [-0.05, 0) is 18.4 Å². The van der Waals surface area contributed by atoms with E-state index < -0.39 is 0 Å². The van der Waals surface area contributed by atoms with Crippen molar-refractivity contribution in [2.24, 2.45) is 5.73 Å². The summed E-state index contributed by atoms with van der Waals surface area (Å²) < 4.78 is 0. The van der Waals surface area contributed by atoms with Gasteiger partial charge in [0.05, 0.1) is 0 Å². The lowest BCUT2D eigenvalue weighted by molar-refractivity contribution is 0.680. The lowest BCUT2D eigenvalue weighted by Gasteiger charge is -2.07. The van der Waals surface area contributed by atoms with E-state index in [-0.39, 0.29) is 6.04 Å². The van der Waals surface area contributed by atoms with E-state index in [0.717, 1.165) is 12.8 Å². The van der Waals surface area contributed by atoms with Crippen molar-refractivity contribution in [2.75, 3.05) is 0 Å². The van der Waals surface area contributed by atoms with Crippen molar-refractivity contribution < 1.29 is 0 Å². The second-order valence-corrected chi connectivity index (χ2v) is 2.97. The summed E-state index contributed by atoms with van der Waals surface area (Å²) in [5.41, 5.74) is 7.14. The van der Waals surface area contributed by atoms with Crippen molar-refractivity contribution in [3.05, 3.63) is 48.6 Å². The Balaban J connectivity index is 2.46. The molecule has 0 heterocycles. The molecule has 0 aliphatic heterocycles. The first kappa shape index (κ1) is 9.01. The van der Waals surface area contributed by atoms with Crippen LogP contribution in [0.3, 0.4) is 0 Å². The van der Waals surface area contributed by atoms with Gasteiger partial charge in [-0.15, -0.1) is 6.58 Å². The number of nitrogens with two attached hydrogens (primary N) is 1. The first-order valence-corrected chi connectivity index (χ1v) is 4.23. The lowest BCUT2D eigenvalue weighted by Crippen LogP contribution is -2.21. The molecule has 64 valence electrons. The van der Waals surface area contributed by atoms with Crippen molar-refractivity contribution in [2.45, 2.75) is 18.9 Å². The summed E-state index contributed by atoms with van der Waals surface area (Å²) >= 11 is 0. The Labute approximate surface area is 73.9 Å². The number of hydrogen-bond donors (Lipinski definition) is 1. The molecule has 0 saturated heterocycles. The zero-order valence-electron chi connectivity index (χ0n) is 7.24. The van der Waals surface area contributed by atoms with Crippen LogP contribution in [0.1, 0.15) is 12.0 Å². The van der Waals surface area contributed by atoms with Gasteiger partial charge in [-0.25, -0.2) is 0 Å². The van der Waals surface area contributed by atoms with Crippen LogP contribution in [-0.4, -0.2) is 6.04 Å². The zero-order chi connectivity index (χ0) is 8.81. The van der Waals surface area contributed by atoms with Crippen LogP contribution >= 0.6 is 0 Å². The second-order valence-electron chi connectivity index (χ2n) is 2.97. The molecule has 1 aromatic rings. The zero-order valence-corrected chi connectivity index (χ0v) is 7.24. The average Bonchev–Trinajstić information content (AvgIpc) is 2.06. The van der Waals surface area contributed by atoms with Gasteiger partial charge in [-0.2, -0.15) is 0 Å². The third kappa shape index (κ3) is 2.89. The Bertz CT molecular complexity index is 228. The van der Waals surface area contributed by atoms with Crippen LogP contribution in [0.25, 0.3) is 0 Å². The number of rotatable bonds is 4. The van der Waals surface area contributed by atoms with Gasteiger partial charge in [0.1, 0.15) is 0 Å². The van der Waals surface area contributed by atoms with Gasteiger partial charge in [0.25, 0.3) is 0 Å². The van der Waals surface area contributed by atoms with Crippen molar-refractivity contribution in [3.63, 3.8) is 0 Å². The molecule has 0 aromatic heterocycles. The lowest BCUT2D eigenvalue weighted by atomic mass is 10.0. The molecule has 1 nitrogen and oxygen atoms in total. The quantitative estimate of drug-likeness (QED) is 0.673. The molecule has 1 atom stereocenters. The summed E-state index contributed by atoms with van der Waals surface area (Å²) in [5, 5.41) is 0. The SMILES string of the molecule is C=CC[C@@H](N)Cc1ccccc1. The predicted octanol–water partition coefficient (Wildman–Crippen LogP) is 2.13.